The van der Waals surface area contributed by atoms with Gasteiger partial charge in [0.25, 0.3) is 0 Å². The third kappa shape index (κ3) is 5.89. The van der Waals surface area contributed by atoms with Crippen LogP contribution in [0.15, 0.2) is 48.5 Å². The second-order valence-electron chi connectivity index (χ2n) is 8.04. The molecule has 1 amide bonds. The molecule has 6 heteroatoms. The van der Waals surface area contributed by atoms with E-state index < -0.39 is 0 Å². The number of hydrogen-bond donors (Lipinski definition) is 1. The van der Waals surface area contributed by atoms with E-state index in [-0.39, 0.29) is 12.0 Å². The molecule has 1 aliphatic rings. The van der Waals surface area contributed by atoms with Crippen LogP contribution in [0.1, 0.15) is 25.8 Å². The Hall–Kier alpha value is -2.73. The highest BCUT2D eigenvalue weighted by molar-refractivity contribution is 5.73. The zero-order chi connectivity index (χ0) is 21.5. The van der Waals surface area contributed by atoms with E-state index in [1.54, 1.807) is 7.11 Å². The molecule has 2 aromatic rings. The van der Waals surface area contributed by atoms with Gasteiger partial charge in [-0.3, -0.25) is 9.69 Å². The van der Waals surface area contributed by atoms with Crippen LogP contribution in [0.5, 0.6) is 11.5 Å². The van der Waals surface area contributed by atoms with E-state index in [2.05, 4.69) is 46.2 Å². The molecule has 1 heterocycles. The number of nitrogens with zero attached hydrogens (tertiary/aromatic N) is 2. The third-order valence-electron chi connectivity index (χ3n) is 5.44. The number of nitrogens with two attached hydrogens (primary N) is 1. The van der Waals surface area contributed by atoms with Gasteiger partial charge in [0.15, 0.2) is 11.5 Å². The standard InChI is InChI=1S/C24H33N3O3/c1-18(2)30-23-16-20(9-10-22(23)29-3)27-14-13-26(12-11-24(25)28)21(17-27)15-19-7-5-4-6-8-19/h4-10,16,18,21H,11-15,17H2,1-3H3,(H2,25,28)/t21-/m0/s1. The Kier molecular flexibility index (Phi) is 7.57. The van der Waals surface area contributed by atoms with Crippen LogP contribution in [0, 0.1) is 0 Å². The van der Waals surface area contributed by atoms with E-state index in [1.807, 2.05) is 26.0 Å². The van der Waals surface area contributed by atoms with Crippen molar-refractivity contribution in [2.75, 3.05) is 38.2 Å². The fraction of sp³-hybridized carbons (Fsp3) is 0.458. The van der Waals surface area contributed by atoms with Crippen LogP contribution in [-0.2, 0) is 11.2 Å². The first kappa shape index (κ1) is 22.0. The summed E-state index contributed by atoms with van der Waals surface area (Å²) >= 11 is 0. The number of methoxy groups -OCH3 is 1. The quantitative estimate of drug-likeness (QED) is 0.687. The fourth-order valence-corrected chi connectivity index (χ4v) is 3.96. The fourth-order valence-electron chi connectivity index (χ4n) is 3.96. The highest BCUT2D eigenvalue weighted by Gasteiger charge is 2.28. The SMILES string of the molecule is COc1ccc(N2CCN(CCC(N)=O)[C@@H](Cc3ccccc3)C2)cc1OC(C)C. The molecule has 1 fully saturated rings. The van der Waals surface area contributed by atoms with Gasteiger partial charge >= 0.3 is 0 Å². The van der Waals surface area contributed by atoms with Crippen molar-refractivity contribution < 1.29 is 14.3 Å². The van der Waals surface area contributed by atoms with Gasteiger partial charge in [-0.25, -0.2) is 0 Å². The van der Waals surface area contributed by atoms with Crippen LogP contribution in [0.2, 0.25) is 0 Å². The summed E-state index contributed by atoms with van der Waals surface area (Å²) in [6, 6.07) is 16.9. The lowest BCUT2D eigenvalue weighted by atomic mass is 10.0. The van der Waals surface area contributed by atoms with Gasteiger partial charge in [-0.05, 0) is 38.0 Å². The van der Waals surface area contributed by atoms with Crippen molar-refractivity contribution in [3.8, 4) is 11.5 Å². The minimum atomic E-state index is -0.249. The maximum atomic E-state index is 11.3. The topological polar surface area (TPSA) is 68.0 Å². The first-order chi connectivity index (χ1) is 14.5. The molecular formula is C24H33N3O3. The summed E-state index contributed by atoms with van der Waals surface area (Å²) in [4.78, 5) is 16.1. The van der Waals surface area contributed by atoms with E-state index in [1.165, 1.54) is 5.56 Å². The molecule has 30 heavy (non-hydrogen) atoms. The van der Waals surface area contributed by atoms with Crippen molar-refractivity contribution >= 4 is 11.6 Å². The number of amides is 1. The second-order valence-corrected chi connectivity index (χ2v) is 8.04. The van der Waals surface area contributed by atoms with E-state index in [9.17, 15) is 4.79 Å². The summed E-state index contributed by atoms with van der Waals surface area (Å²) < 4.78 is 11.4. The Morgan fingerprint density at radius 3 is 2.57 bits per heavy atom. The lowest BCUT2D eigenvalue weighted by molar-refractivity contribution is -0.118. The molecule has 1 atom stereocenters. The molecule has 0 unspecified atom stereocenters. The first-order valence-corrected chi connectivity index (χ1v) is 10.6. The molecule has 3 rings (SSSR count). The molecule has 162 valence electrons. The van der Waals surface area contributed by atoms with Crippen molar-refractivity contribution in [3.05, 3.63) is 54.1 Å². The normalized spacial score (nSPS) is 17.2. The number of ether oxygens (including phenoxy) is 2. The molecule has 0 bridgehead atoms. The summed E-state index contributed by atoms with van der Waals surface area (Å²) in [6.45, 7) is 7.37. The number of hydrogen-bond acceptors (Lipinski definition) is 5. The molecule has 2 N–H and O–H groups in total. The summed E-state index contributed by atoms with van der Waals surface area (Å²) in [5.41, 5.74) is 7.83. The van der Waals surface area contributed by atoms with Crippen molar-refractivity contribution in [2.24, 2.45) is 5.73 Å². The highest BCUT2D eigenvalue weighted by Crippen LogP contribution is 2.33. The minimum Gasteiger partial charge on any atom is -0.493 e. The molecule has 0 radical (unpaired) electrons. The molecule has 2 aromatic carbocycles. The van der Waals surface area contributed by atoms with Gasteiger partial charge in [0.1, 0.15) is 0 Å². The number of rotatable bonds is 9. The molecule has 0 aliphatic carbocycles. The smallest absolute Gasteiger partial charge is 0.218 e. The zero-order valence-electron chi connectivity index (χ0n) is 18.2. The number of primary amides is 1. The number of benzene rings is 2. The van der Waals surface area contributed by atoms with Crippen LogP contribution < -0.4 is 20.1 Å². The van der Waals surface area contributed by atoms with Crippen molar-refractivity contribution in [1.82, 2.24) is 4.90 Å². The Bertz CT molecular complexity index is 826. The molecule has 0 aromatic heterocycles. The average Bonchev–Trinajstić information content (AvgIpc) is 2.73. The zero-order valence-corrected chi connectivity index (χ0v) is 18.2. The number of piperazine rings is 1. The van der Waals surface area contributed by atoms with Crippen LogP contribution in [-0.4, -0.2) is 56.2 Å². The maximum Gasteiger partial charge on any atom is 0.218 e. The van der Waals surface area contributed by atoms with Crippen molar-refractivity contribution in [2.45, 2.75) is 38.8 Å². The summed E-state index contributed by atoms with van der Waals surface area (Å²) in [5, 5.41) is 0. The Morgan fingerprint density at radius 1 is 1.13 bits per heavy atom. The van der Waals surface area contributed by atoms with Gasteiger partial charge in [0.2, 0.25) is 5.91 Å². The number of carbonyl (C=O) groups is 1. The molecule has 0 saturated carbocycles. The highest BCUT2D eigenvalue weighted by atomic mass is 16.5. The minimum absolute atomic E-state index is 0.0747. The van der Waals surface area contributed by atoms with E-state index >= 15 is 0 Å². The van der Waals surface area contributed by atoms with Gasteiger partial charge < -0.3 is 20.1 Å². The van der Waals surface area contributed by atoms with E-state index in [0.717, 1.165) is 43.2 Å². The number of anilines is 1. The predicted molar refractivity (Wildman–Crippen MR) is 120 cm³/mol. The molecule has 1 aliphatic heterocycles. The van der Waals surface area contributed by atoms with E-state index in [0.29, 0.717) is 19.0 Å². The Labute approximate surface area is 179 Å². The molecule has 0 spiro atoms. The van der Waals surface area contributed by atoms with Crippen LogP contribution in [0.25, 0.3) is 0 Å². The summed E-state index contributed by atoms with van der Waals surface area (Å²) in [7, 11) is 1.66. The van der Waals surface area contributed by atoms with Gasteiger partial charge in [-0.2, -0.15) is 0 Å². The van der Waals surface area contributed by atoms with Crippen LogP contribution >= 0.6 is 0 Å². The van der Waals surface area contributed by atoms with Crippen LogP contribution in [0.4, 0.5) is 5.69 Å². The summed E-state index contributed by atoms with van der Waals surface area (Å²) in [5.74, 6) is 1.26. The van der Waals surface area contributed by atoms with Gasteiger partial charge in [-0.15, -0.1) is 0 Å². The lowest BCUT2D eigenvalue weighted by Gasteiger charge is -2.42. The van der Waals surface area contributed by atoms with Crippen LogP contribution in [0.3, 0.4) is 0 Å². The second kappa shape index (κ2) is 10.3. The Morgan fingerprint density at radius 2 is 1.90 bits per heavy atom. The van der Waals surface area contributed by atoms with Crippen molar-refractivity contribution in [1.29, 1.82) is 0 Å². The number of carbonyl (C=O) groups excluding carboxylic acids is 1. The molecule has 6 nitrogen and oxygen atoms in total. The largest absolute Gasteiger partial charge is 0.493 e. The monoisotopic (exact) mass is 411 g/mol. The summed E-state index contributed by atoms with van der Waals surface area (Å²) in [6.07, 6.45) is 1.40. The lowest BCUT2D eigenvalue weighted by Crippen LogP contribution is -2.54. The molecule has 1 saturated heterocycles. The molecular weight excluding hydrogens is 378 g/mol. The van der Waals surface area contributed by atoms with Gasteiger partial charge in [0.05, 0.1) is 13.2 Å². The first-order valence-electron chi connectivity index (χ1n) is 10.6. The average molecular weight is 412 g/mol. The van der Waals surface area contributed by atoms with Gasteiger partial charge in [-0.1, -0.05) is 30.3 Å². The van der Waals surface area contributed by atoms with Gasteiger partial charge in [0, 0.05) is 50.4 Å². The predicted octanol–water partition coefficient (Wildman–Crippen LogP) is 3.09. The Balaban J connectivity index is 1.79. The maximum absolute atomic E-state index is 11.3. The third-order valence-corrected chi connectivity index (χ3v) is 5.44. The van der Waals surface area contributed by atoms with E-state index in [4.69, 9.17) is 15.2 Å². The van der Waals surface area contributed by atoms with Crippen molar-refractivity contribution in [3.63, 3.8) is 0 Å².